The molecule has 3 aromatic rings. The van der Waals surface area contributed by atoms with Crippen LogP contribution in [0, 0.1) is 0 Å². The minimum atomic E-state index is -0.965. The van der Waals surface area contributed by atoms with E-state index in [2.05, 4.69) is 65.8 Å². The monoisotopic (exact) mass is 636 g/mol. The SMILES string of the molecule is C=CCN1C(O)c2cnc(Nc3ccc(N4CCN(I)CC4)cc3)nc2N1c1ccc2c(n1)C(=C=O)CCC2. The molecular formula is C28H29IN8O2. The van der Waals surface area contributed by atoms with Crippen LogP contribution >= 0.6 is 22.9 Å². The Hall–Kier alpha value is -3.35. The summed E-state index contributed by atoms with van der Waals surface area (Å²) in [5.74, 6) is 3.56. The Morgan fingerprint density at radius 2 is 1.90 bits per heavy atom. The molecule has 0 radical (unpaired) electrons. The average Bonchev–Trinajstić information content (AvgIpc) is 3.24. The van der Waals surface area contributed by atoms with E-state index in [-0.39, 0.29) is 0 Å². The molecule has 2 aromatic heterocycles. The summed E-state index contributed by atoms with van der Waals surface area (Å²) in [6.07, 6.45) is 4.82. The van der Waals surface area contributed by atoms with E-state index in [0.717, 1.165) is 50.3 Å². The number of aliphatic hydroxyl groups excluding tert-OH is 1. The van der Waals surface area contributed by atoms with Gasteiger partial charge in [0.1, 0.15) is 11.8 Å². The molecule has 0 bridgehead atoms. The number of nitrogens with one attached hydrogen (secondary N) is 1. The van der Waals surface area contributed by atoms with Gasteiger partial charge in [0.2, 0.25) is 5.95 Å². The zero-order valence-corrected chi connectivity index (χ0v) is 23.6. The van der Waals surface area contributed by atoms with Crippen LogP contribution in [0.15, 0.2) is 55.3 Å². The summed E-state index contributed by atoms with van der Waals surface area (Å²) in [6.45, 7) is 8.31. The molecule has 1 unspecified atom stereocenters. The van der Waals surface area contributed by atoms with Crippen molar-refractivity contribution < 1.29 is 9.90 Å². The highest BCUT2D eigenvalue weighted by molar-refractivity contribution is 14.1. The smallest absolute Gasteiger partial charge is 0.229 e. The van der Waals surface area contributed by atoms with Crippen LogP contribution in [0.3, 0.4) is 0 Å². The van der Waals surface area contributed by atoms with E-state index in [1.165, 1.54) is 5.69 Å². The fraction of sp³-hybridized carbons (Fsp3) is 0.321. The number of piperazine rings is 1. The van der Waals surface area contributed by atoms with Crippen molar-refractivity contribution in [1.82, 2.24) is 23.1 Å². The number of benzene rings is 1. The number of pyridine rings is 1. The summed E-state index contributed by atoms with van der Waals surface area (Å²) in [6, 6.07) is 12.2. The van der Waals surface area contributed by atoms with E-state index >= 15 is 0 Å². The Kier molecular flexibility index (Phi) is 7.32. The molecule has 200 valence electrons. The Labute approximate surface area is 241 Å². The van der Waals surface area contributed by atoms with Gasteiger partial charge in [0.15, 0.2) is 12.0 Å². The number of carbonyl (C=O) groups excluding carboxylic acids is 1. The molecule has 0 amide bonds. The first-order chi connectivity index (χ1) is 19.1. The van der Waals surface area contributed by atoms with Gasteiger partial charge in [-0.2, -0.15) is 9.99 Å². The maximum atomic E-state index is 11.6. The number of hydrogen-bond donors (Lipinski definition) is 2. The molecular weight excluding hydrogens is 607 g/mol. The zero-order chi connectivity index (χ0) is 26.9. The molecule has 1 saturated heterocycles. The van der Waals surface area contributed by atoms with Crippen molar-refractivity contribution in [1.29, 1.82) is 0 Å². The molecule has 11 heteroatoms. The van der Waals surface area contributed by atoms with Crippen LogP contribution in [-0.2, 0) is 11.2 Å². The number of hydrazine groups is 1. The summed E-state index contributed by atoms with van der Waals surface area (Å²) in [5, 5.41) is 17.9. The molecule has 39 heavy (non-hydrogen) atoms. The standard InChI is InChI=1S/C28H29IN8O2/c1-2-12-36-27(39)23-17-30-28(31-21-7-9-22(10-8-21)34-13-15-35(29)16-14-34)33-26(23)37(36)24-11-6-19-4-3-5-20(18-38)25(19)32-24/h2,6-11,17,27,39H,1,3-5,12-16H2,(H,30,31,33). The van der Waals surface area contributed by atoms with Gasteiger partial charge in [-0.3, -0.25) is 0 Å². The Morgan fingerprint density at radius 3 is 2.64 bits per heavy atom. The predicted molar refractivity (Wildman–Crippen MR) is 160 cm³/mol. The summed E-state index contributed by atoms with van der Waals surface area (Å²) >= 11 is 2.38. The van der Waals surface area contributed by atoms with Gasteiger partial charge < -0.3 is 15.3 Å². The summed E-state index contributed by atoms with van der Waals surface area (Å²) in [5.41, 5.74) is 4.91. The summed E-state index contributed by atoms with van der Waals surface area (Å²) in [7, 11) is 0. The van der Waals surface area contributed by atoms with Gasteiger partial charge in [-0.05, 0) is 55.2 Å². The number of aromatic nitrogens is 3. The number of anilines is 5. The molecule has 10 nitrogen and oxygen atoms in total. The quantitative estimate of drug-likeness (QED) is 0.178. The third-order valence-corrected chi connectivity index (χ3v) is 8.27. The van der Waals surface area contributed by atoms with E-state index in [9.17, 15) is 9.90 Å². The van der Waals surface area contributed by atoms with E-state index in [1.54, 1.807) is 22.3 Å². The van der Waals surface area contributed by atoms with E-state index in [1.807, 2.05) is 24.3 Å². The van der Waals surface area contributed by atoms with Gasteiger partial charge in [0, 0.05) is 73.2 Å². The highest BCUT2D eigenvalue weighted by Gasteiger charge is 2.39. The zero-order valence-electron chi connectivity index (χ0n) is 21.4. The fourth-order valence-electron chi connectivity index (χ4n) is 5.30. The molecule has 1 atom stereocenters. The highest BCUT2D eigenvalue weighted by Crippen LogP contribution is 2.42. The average molecular weight is 636 g/mol. The van der Waals surface area contributed by atoms with Gasteiger partial charge in [0.05, 0.1) is 16.8 Å². The van der Waals surface area contributed by atoms with Gasteiger partial charge in [-0.15, -0.1) is 6.58 Å². The first-order valence-corrected chi connectivity index (χ1v) is 14.0. The van der Waals surface area contributed by atoms with Crippen molar-refractivity contribution >= 4 is 63.3 Å². The lowest BCUT2D eigenvalue weighted by molar-refractivity contribution is 0.0246. The minimum absolute atomic E-state index is 0.364. The van der Waals surface area contributed by atoms with Crippen LogP contribution < -0.4 is 15.2 Å². The van der Waals surface area contributed by atoms with Gasteiger partial charge in [-0.1, -0.05) is 12.1 Å². The predicted octanol–water partition coefficient (Wildman–Crippen LogP) is 4.18. The fourth-order valence-corrected chi connectivity index (χ4v) is 5.73. The number of hydrogen-bond acceptors (Lipinski definition) is 10. The van der Waals surface area contributed by atoms with Crippen LogP contribution in [0.4, 0.5) is 29.0 Å². The van der Waals surface area contributed by atoms with Crippen molar-refractivity contribution in [3.63, 3.8) is 0 Å². The Morgan fingerprint density at radius 1 is 1.10 bits per heavy atom. The molecule has 1 aromatic carbocycles. The first-order valence-electron chi connectivity index (χ1n) is 13.1. The summed E-state index contributed by atoms with van der Waals surface area (Å²) < 4.78 is 2.31. The van der Waals surface area contributed by atoms with Crippen LogP contribution in [0.1, 0.15) is 35.9 Å². The Bertz CT molecular complexity index is 1430. The van der Waals surface area contributed by atoms with Crippen LogP contribution in [-0.4, -0.2) is 66.8 Å². The second-order valence-electron chi connectivity index (χ2n) is 9.75. The van der Waals surface area contributed by atoms with Gasteiger partial charge in [0.25, 0.3) is 0 Å². The highest BCUT2D eigenvalue weighted by atomic mass is 127. The maximum Gasteiger partial charge on any atom is 0.229 e. The number of nitrogens with zero attached hydrogens (tertiary/aromatic N) is 7. The van der Waals surface area contributed by atoms with Crippen molar-refractivity contribution in [2.75, 3.05) is 47.9 Å². The number of allylic oxidation sites excluding steroid dienone is 1. The first kappa shape index (κ1) is 25.9. The van der Waals surface area contributed by atoms with Gasteiger partial charge in [-0.25, -0.2) is 22.9 Å². The maximum absolute atomic E-state index is 11.6. The van der Waals surface area contributed by atoms with E-state index in [0.29, 0.717) is 47.4 Å². The minimum Gasteiger partial charge on any atom is -0.372 e. The molecule has 2 aliphatic heterocycles. The van der Waals surface area contributed by atoms with Crippen LogP contribution in [0.25, 0.3) is 5.57 Å². The number of halogens is 1. The lowest BCUT2D eigenvalue weighted by atomic mass is 9.92. The second-order valence-corrected chi connectivity index (χ2v) is 11.1. The molecule has 1 aliphatic carbocycles. The molecule has 6 rings (SSSR count). The lowest BCUT2D eigenvalue weighted by Gasteiger charge is -2.33. The topological polar surface area (TPSA) is 101 Å². The molecule has 3 aliphatic rings. The van der Waals surface area contributed by atoms with Crippen molar-refractivity contribution in [3.8, 4) is 0 Å². The number of aryl methyl sites for hydroxylation is 1. The van der Waals surface area contributed by atoms with E-state index < -0.39 is 6.23 Å². The second kappa shape index (κ2) is 11.0. The lowest BCUT2D eigenvalue weighted by Crippen LogP contribution is -2.42. The molecule has 0 spiro atoms. The normalized spacial score (nSPS) is 19.4. The van der Waals surface area contributed by atoms with Crippen molar-refractivity contribution in [3.05, 3.63) is 72.1 Å². The van der Waals surface area contributed by atoms with Crippen molar-refractivity contribution in [2.24, 2.45) is 0 Å². The van der Waals surface area contributed by atoms with Crippen LogP contribution in [0.5, 0.6) is 0 Å². The van der Waals surface area contributed by atoms with Crippen LogP contribution in [0.2, 0.25) is 0 Å². The van der Waals surface area contributed by atoms with E-state index in [4.69, 9.17) is 9.97 Å². The number of fused-ring (bicyclic) bond motifs is 2. The number of aliphatic hydroxyl groups is 1. The molecule has 2 N–H and O–H groups in total. The third-order valence-electron chi connectivity index (χ3n) is 7.31. The molecule has 4 heterocycles. The molecule has 0 saturated carbocycles. The number of rotatable bonds is 6. The third kappa shape index (κ3) is 5.04. The van der Waals surface area contributed by atoms with Gasteiger partial charge >= 0.3 is 0 Å². The summed E-state index contributed by atoms with van der Waals surface area (Å²) in [4.78, 5) is 28.1. The molecule has 1 fully saturated rings. The Balaban J connectivity index is 1.30. The largest absolute Gasteiger partial charge is 0.372 e. The van der Waals surface area contributed by atoms with Crippen molar-refractivity contribution in [2.45, 2.75) is 25.5 Å².